The quantitative estimate of drug-likeness (QED) is 0.438. The van der Waals surface area contributed by atoms with Gasteiger partial charge in [0.15, 0.2) is 0 Å². The van der Waals surface area contributed by atoms with Crippen molar-refractivity contribution in [2.75, 3.05) is 18.0 Å². The summed E-state index contributed by atoms with van der Waals surface area (Å²) in [5.41, 5.74) is 4.54. The SMILES string of the molecule is CN1Cc2ccccc2C(c2ccc(Cl)c(Cl)c2)N=C1OCc1ccc(NS(C)(=O)=O)cc1.Cl. The van der Waals surface area contributed by atoms with E-state index < -0.39 is 10.0 Å². The fourth-order valence-corrected chi connectivity index (χ4v) is 4.53. The summed E-state index contributed by atoms with van der Waals surface area (Å²) in [5.74, 6) is 0. The van der Waals surface area contributed by atoms with Crippen LogP contribution in [0.2, 0.25) is 10.0 Å². The summed E-state index contributed by atoms with van der Waals surface area (Å²) >= 11 is 12.4. The van der Waals surface area contributed by atoms with Crippen LogP contribution < -0.4 is 4.72 Å². The molecule has 180 valence electrons. The van der Waals surface area contributed by atoms with Crippen LogP contribution in [-0.2, 0) is 27.9 Å². The molecule has 3 aromatic carbocycles. The van der Waals surface area contributed by atoms with Crippen LogP contribution in [-0.4, -0.2) is 32.6 Å². The number of hydrogen-bond acceptors (Lipinski definition) is 5. The van der Waals surface area contributed by atoms with Gasteiger partial charge in [0.1, 0.15) is 12.6 Å². The zero-order valence-corrected chi connectivity index (χ0v) is 21.7. The van der Waals surface area contributed by atoms with E-state index >= 15 is 0 Å². The number of halogens is 3. The fraction of sp³-hybridized carbons (Fsp3) is 0.208. The molecule has 0 aromatic heterocycles. The maximum absolute atomic E-state index is 11.4. The average molecular weight is 541 g/mol. The summed E-state index contributed by atoms with van der Waals surface area (Å²) in [6, 6.07) is 20.9. The molecule has 1 N–H and O–H groups in total. The van der Waals surface area contributed by atoms with Crippen molar-refractivity contribution in [2.24, 2.45) is 4.99 Å². The third-order valence-electron chi connectivity index (χ3n) is 5.21. The van der Waals surface area contributed by atoms with Crippen molar-refractivity contribution in [3.05, 3.63) is 99.0 Å². The number of ether oxygens (including phenoxy) is 1. The highest BCUT2D eigenvalue weighted by atomic mass is 35.5. The van der Waals surface area contributed by atoms with Gasteiger partial charge in [-0.25, -0.2) is 13.4 Å². The van der Waals surface area contributed by atoms with Gasteiger partial charge in [-0.3, -0.25) is 4.72 Å². The summed E-state index contributed by atoms with van der Waals surface area (Å²) in [7, 11) is -1.38. The predicted molar refractivity (Wildman–Crippen MR) is 141 cm³/mol. The zero-order chi connectivity index (χ0) is 23.6. The van der Waals surface area contributed by atoms with Crippen LogP contribution >= 0.6 is 35.6 Å². The lowest BCUT2D eigenvalue weighted by molar-refractivity contribution is 0.231. The number of aliphatic imine (C=N–C) groups is 1. The number of anilines is 1. The first-order chi connectivity index (χ1) is 15.7. The van der Waals surface area contributed by atoms with Gasteiger partial charge in [-0.15, -0.1) is 12.4 Å². The second-order valence-electron chi connectivity index (χ2n) is 7.90. The summed E-state index contributed by atoms with van der Waals surface area (Å²) in [4.78, 5) is 6.92. The van der Waals surface area contributed by atoms with E-state index in [0.29, 0.717) is 28.3 Å². The second-order valence-corrected chi connectivity index (χ2v) is 10.5. The van der Waals surface area contributed by atoms with Gasteiger partial charge in [0.05, 0.1) is 16.3 Å². The van der Waals surface area contributed by atoms with Gasteiger partial charge in [0, 0.05) is 19.3 Å². The second kappa shape index (κ2) is 10.9. The lowest BCUT2D eigenvalue weighted by Crippen LogP contribution is -2.27. The number of fused-ring (bicyclic) bond motifs is 1. The molecule has 0 saturated carbocycles. The highest BCUT2D eigenvalue weighted by molar-refractivity contribution is 7.92. The Morgan fingerprint density at radius 2 is 1.76 bits per heavy atom. The minimum atomic E-state index is -3.32. The van der Waals surface area contributed by atoms with Gasteiger partial charge in [0.25, 0.3) is 6.02 Å². The van der Waals surface area contributed by atoms with E-state index in [1.807, 2.05) is 48.3 Å². The molecule has 1 aliphatic rings. The molecule has 4 rings (SSSR count). The third-order valence-corrected chi connectivity index (χ3v) is 6.55. The average Bonchev–Trinajstić information content (AvgIpc) is 2.90. The van der Waals surface area contributed by atoms with Crippen LogP contribution in [0.5, 0.6) is 0 Å². The Balaban J connectivity index is 0.00000324. The zero-order valence-electron chi connectivity index (χ0n) is 18.5. The standard InChI is InChI=1S/C24H23Cl2N3O3S.ClH/c1-29-14-18-5-3-4-6-20(18)23(17-9-12-21(25)22(26)13-17)27-24(29)32-15-16-7-10-19(11-8-16)28-33(2,30)31;/h3-13,23,28H,14-15H2,1-2H3;1H. The first kappa shape index (κ1) is 26.2. The van der Waals surface area contributed by atoms with Crippen molar-refractivity contribution in [3.63, 3.8) is 0 Å². The topological polar surface area (TPSA) is 71.0 Å². The van der Waals surface area contributed by atoms with Crippen molar-refractivity contribution in [1.29, 1.82) is 0 Å². The van der Waals surface area contributed by atoms with Crippen LogP contribution in [0.3, 0.4) is 0 Å². The van der Waals surface area contributed by atoms with Crippen LogP contribution in [0.4, 0.5) is 5.69 Å². The van der Waals surface area contributed by atoms with Gasteiger partial charge in [0.2, 0.25) is 10.0 Å². The van der Waals surface area contributed by atoms with E-state index in [1.165, 1.54) is 0 Å². The number of sulfonamides is 1. The van der Waals surface area contributed by atoms with E-state index in [2.05, 4.69) is 16.9 Å². The Kier molecular flexibility index (Phi) is 8.36. The van der Waals surface area contributed by atoms with Gasteiger partial charge in [-0.1, -0.05) is 65.7 Å². The van der Waals surface area contributed by atoms with Gasteiger partial charge in [-0.05, 0) is 46.5 Å². The molecule has 0 spiro atoms. The molecule has 0 amide bonds. The Bertz CT molecular complexity index is 1300. The fourth-order valence-electron chi connectivity index (χ4n) is 3.66. The smallest absolute Gasteiger partial charge is 0.288 e. The maximum atomic E-state index is 11.4. The number of rotatable bonds is 5. The lowest BCUT2D eigenvalue weighted by atomic mass is 9.95. The molecule has 0 fully saturated rings. The minimum Gasteiger partial charge on any atom is -0.460 e. The number of nitrogens with zero attached hydrogens (tertiary/aromatic N) is 2. The summed E-state index contributed by atoms with van der Waals surface area (Å²) < 4.78 is 31.4. The molecular weight excluding hydrogens is 517 g/mol. The summed E-state index contributed by atoms with van der Waals surface area (Å²) in [6.07, 6.45) is 1.12. The molecule has 0 bridgehead atoms. The van der Waals surface area contributed by atoms with Crippen LogP contribution in [0.1, 0.15) is 28.3 Å². The largest absolute Gasteiger partial charge is 0.460 e. The minimum absolute atomic E-state index is 0. The van der Waals surface area contributed by atoms with E-state index in [9.17, 15) is 8.42 Å². The number of nitrogens with one attached hydrogen (secondary N) is 1. The molecule has 10 heteroatoms. The monoisotopic (exact) mass is 539 g/mol. The highest BCUT2D eigenvalue weighted by Crippen LogP contribution is 2.35. The van der Waals surface area contributed by atoms with E-state index in [-0.39, 0.29) is 25.1 Å². The van der Waals surface area contributed by atoms with E-state index in [0.717, 1.165) is 28.5 Å². The number of amidine groups is 1. The molecule has 34 heavy (non-hydrogen) atoms. The predicted octanol–water partition coefficient (Wildman–Crippen LogP) is 5.89. The first-order valence-corrected chi connectivity index (χ1v) is 12.9. The molecular formula is C24H24Cl3N3O3S. The van der Waals surface area contributed by atoms with Crippen molar-refractivity contribution < 1.29 is 13.2 Å². The van der Waals surface area contributed by atoms with Crippen LogP contribution in [0, 0.1) is 0 Å². The van der Waals surface area contributed by atoms with Crippen molar-refractivity contribution in [2.45, 2.75) is 19.2 Å². The van der Waals surface area contributed by atoms with E-state index in [1.54, 1.807) is 18.2 Å². The normalized spacial score (nSPS) is 15.5. The molecule has 1 heterocycles. The molecule has 1 atom stereocenters. The van der Waals surface area contributed by atoms with Crippen molar-refractivity contribution >= 4 is 57.3 Å². The van der Waals surface area contributed by atoms with Crippen LogP contribution in [0.15, 0.2) is 71.7 Å². The summed E-state index contributed by atoms with van der Waals surface area (Å²) in [6.45, 7) is 0.927. The van der Waals surface area contributed by atoms with E-state index in [4.69, 9.17) is 32.9 Å². The first-order valence-electron chi connectivity index (χ1n) is 10.2. The molecule has 1 unspecified atom stereocenters. The Hall–Kier alpha value is -2.45. The Labute approximate surface area is 216 Å². The molecule has 6 nitrogen and oxygen atoms in total. The van der Waals surface area contributed by atoms with Gasteiger partial charge in [-0.2, -0.15) is 0 Å². The molecule has 1 aliphatic heterocycles. The molecule has 0 aliphatic carbocycles. The molecule has 3 aromatic rings. The number of hydrogen-bond donors (Lipinski definition) is 1. The van der Waals surface area contributed by atoms with Crippen molar-refractivity contribution in [1.82, 2.24) is 4.90 Å². The third kappa shape index (κ3) is 6.36. The maximum Gasteiger partial charge on any atom is 0.288 e. The molecule has 0 saturated heterocycles. The lowest BCUT2D eigenvalue weighted by Gasteiger charge is -2.20. The van der Waals surface area contributed by atoms with Gasteiger partial charge >= 0.3 is 0 Å². The summed E-state index contributed by atoms with van der Waals surface area (Å²) in [5, 5.41) is 0.971. The molecule has 0 radical (unpaired) electrons. The van der Waals surface area contributed by atoms with Gasteiger partial charge < -0.3 is 9.64 Å². The number of benzene rings is 3. The van der Waals surface area contributed by atoms with Crippen molar-refractivity contribution in [3.8, 4) is 0 Å². The Morgan fingerprint density at radius 3 is 2.44 bits per heavy atom. The highest BCUT2D eigenvalue weighted by Gasteiger charge is 2.25. The van der Waals surface area contributed by atoms with Crippen LogP contribution in [0.25, 0.3) is 0 Å². The Morgan fingerprint density at radius 1 is 1.06 bits per heavy atom.